The van der Waals surface area contributed by atoms with Gasteiger partial charge in [-0.1, -0.05) is 18.2 Å². The number of carbonyl (C=O) groups is 1. The van der Waals surface area contributed by atoms with Crippen molar-refractivity contribution in [3.05, 3.63) is 59.7 Å². The maximum Gasteiger partial charge on any atom is 0.416 e. The molecule has 0 spiro atoms. The number of primary amides is 1. The van der Waals surface area contributed by atoms with E-state index in [9.17, 15) is 18.0 Å². The highest BCUT2D eigenvalue weighted by atomic mass is 19.4. The quantitative estimate of drug-likeness (QED) is 0.905. The highest BCUT2D eigenvalue weighted by molar-refractivity contribution is 5.71. The lowest BCUT2D eigenvalue weighted by Crippen LogP contribution is -2.28. The van der Waals surface area contributed by atoms with Gasteiger partial charge in [0, 0.05) is 6.54 Å². The molecular weight excluding hydrogens is 297 g/mol. The molecule has 2 aromatic carbocycles. The van der Waals surface area contributed by atoms with E-state index < -0.39 is 17.8 Å². The summed E-state index contributed by atoms with van der Waals surface area (Å²) in [6.45, 7) is 0.203. The van der Waals surface area contributed by atoms with Crippen molar-refractivity contribution in [3.8, 4) is 11.5 Å². The Kier molecular flexibility index (Phi) is 4.55. The summed E-state index contributed by atoms with van der Waals surface area (Å²) in [5.74, 6) is 0.443. The van der Waals surface area contributed by atoms with Crippen molar-refractivity contribution in [1.29, 1.82) is 0 Å². The van der Waals surface area contributed by atoms with Gasteiger partial charge >= 0.3 is 12.2 Å². The van der Waals surface area contributed by atoms with Crippen molar-refractivity contribution in [3.63, 3.8) is 0 Å². The van der Waals surface area contributed by atoms with Gasteiger partial charge in [0.15, 0.2) is 0 Å². The second kappa shape index (κ2) is 6.38. The van der Waals surface area contributed by atoms with Gasteiger partial charge in [-0.15, -0.1) is 0 Å². The fraction of sp³-hybridized carbons (Fsp3) is 0.133. The second-order valence-corrected chi connectivity index (χ2v) is 4.49. The Bertz CT molecular complexity index is 672. The normalized spacial score (nSPS) is 11.0. The third kappa shape index (κ3) is 4.41. The smallest absolute Gasteiger partial charge is 0.416 e. The average Bonchev–Trinajstić information content (AvgIpc) is 2.45. The van der Waals surface area contributed by atoms with E-state index in [4.69, 9.17) is 10.5 Å². The van der Waals surface area contributed by atoms with Crippen molar-refractivity contribution < 1.29 is 22.7 Å². The highest BCUT2D eigenvalue weighted by Crippen LogP contribution is 2.32. The molecule has 0 saturated carbocycles. The minimum atomic E-state index is -4.42. The number of nitrogens with two attached hydrogens (primary N) is 1. The van der Waals surface area contributed by atoms with Crippen LogP contribution >= 0.6 is 0 Å². The first-order chi connectivity index (χ1) is 10.3. The summed E-state index contributed by atoms with van der Waals surface area (Å²) in [5, 5.41) is 2.42. The van der Waals surface area contributed by atoms with Gasteiger partial charge in [-0.05, 0) is 35.9 Å². The molecule has 0 aliphatic rings. The van der Waals surface area contributed by atoms with Crippen molar-refractivity contribution in [2.45, 2.75) is 12.7 Å². The predicted molar refractivity (Wildman–Crippen MR) is 74.4 cm³/mol. The molecule has 0 unspecified atom stereocenters. The fourth-order valence-corrected chi connectivity index (χ4v) is 1.78. The number of halogens is 3. The first kappa shape index (κ1) is 15.7. The lowest BCUT2D eigenvalue weighted by molar-refractivity contribution is -0.137. The molecule has 2 amide bonds. The van der Waals surface area contributed by atoms with E-state index in [0.29, 0.717) is 11.3 Å². The number of hydrogen-bond acceptors (Lipinski definition) is 2. The number of benzene rings is 2. The number of carbonyl (C=O) groups excluding carboxylic acids is 1. The van der Waals surface area contributed by atoms with Crippen LogP contribution in [0.25, 0.3) is 0 Å². The van der Waals surface area contributed by atoms with E-state index in [2.05, 4.69) is 5.32 Å². The largest absolute Gasteiger partial charge is 0.457 e. The summed E-state index contributed by atoms with van der Waals surface area (Å²) >= 11 is 0. The van der Waals surface area contributed by atoms with Gasteiger partial charge in [-0.25, -0.2) is 4.79 Å². The number of ether oxygens (including phenoxy) is 1. The SMILES string of the molecule is NC(=O)NCc1cccc(Oc2cccc(C(F)(F)F)c2)c1. The fourth-order valence-electron chi connectivity index (χ4n) is 1.78. The van der Waals surface area contributed by atoms with E-state index in [1.54, 1.807) is 24.3 Å². The number of amides is 2. The first-order valence-electron chi connectivity index (χ1n) is 6.32. The van der Waals surface area contributed by atoms with Gasteiger partial charge in [-0.3, -0.25) is 0 Å². The Labute approximate surface area is 124 Å². The van der Waals surface area contributed by atoms with Crippen LogP contribution in [0.1, 0.15) is 11.1 Å². The summed E-state index contributed by atoms with van der Waals surface area (Å²) < 4.78 is 43.3. The predicted octanol–water partition coefficient (Wildman–Crippen LogP) is 3.67. The van der Waals surface area contributed by atoms with Gasteiger partial charge in [0.05, 0.1) is 5.56 Å². The zero-order chi connectivity index (χ0) is 16.2. The number of urea groups is 1. The van der Waals surface area contributed by atoms with Crippen LogP contribution in [0.3, 0.4) is 0 Å². The Balaban J connectivity index is 2.14. The molecule has 0 aliphatic carbocycles. The monoisotopic (exact) mass is 310 g/mol. The molecule has 116 valence electrons. The van der Waals surface area contributed by atoms with E-state index in [1.807, 2.05) is 0 Å². The minimum Gasteiger partial charge on any atom is -0.457 e. The highest BCUT2D eigenvalue weighted by Gasteiger charge is 2.30. The van der Waals surface area contributed by atoms with Crippen LogP contribution in [0, 0.1) is 0 Å². The number of rotatable bonds is 4. The molecule has 0 heterocycles. The Morgan fingerprint density at radius 2 is 1.73 bits per heavy atom. The van der Waals surface area contributed by atoms with Crippen molar-refractivity contribution in [2.75, 3.05) is 0 Å². The molecule has 0 fully saturated rings. The molecule has 7 heteroatoms. The maximum absolute atomic E-state index is 12.6. The Morgan fingerprint density at radius 3 is 2.36 bits per heavy atom. The van der Waals surface area contributed by atoms with Gasteiger partial charge < -0.3 is 15.8 Å². The van der Waals surface area contributed by atoms with Crippen molar-refractivity contribution >= 4 is 6.03 Å². The van der Waals surface area contributed by atoms with Crippen LogP contribution in [0.15, 0.2) is 48.5 Å². The zero-order valence-corrected chi connectivity index (χ0v) is 11.4. The average molecular weight is 310 g/mol. The Hall–Kier alpha value is -2.70. The molecule has 0 aromatic heterocycles. The summed E-state index contributed by atoms with van der Waals surface area (Å²) in [4.78, 5) is 10.7. The lowest BCUT2D eigenvalue weighted by Gasteiger charge is -2.11. The lowest BCUT2D eigenvalue weighted by atomic mass is 10.2. The molecule has 0 bridgehead atoms. The summed E-state index contributed by atoms with van der Waals surface area (Å²) in [6, 6.07) is 10.6. The standard InChI is InChI=1S/C15H13F3N2O2/c16-15(17,18)11-4-2-6-13(8-11)22-12-5-1-3-10(7-12)9-20-14(19)21/h1-8H,9H2,(H3,19,20,21). The number of alkyl halides is 3. The van der Waals surface area contributed by atoms with E-state index in [-0.39, 0.29) is 12.3 Å². The third-order valence-corrected chi connectivity index (χ3v) is 2.76. The molecule has 0 radical (unpaired) electrons. The summed E-state index contributed by atoms with van der Waals surface area (Å²) in [6.07, 6.45) is -4.42. The van der Waals surface area contributed by atoms with Gasteiger partial charge in [0.25, 0.3) is 0 Å². The van der Waals surface area contributed by atoms with Gasteiger partial charge in [0.2, 0.25) is 0 Å². The van der Waals surface area contributed by atoms with E-state index >= 15 is 0 Å². The summed E-state index contributed by atoms with van der Waals surface area (Å²) in [7, 11) is 0. The molecule has 0 atom stereocenters. The molecule has 2 rings (SSSR count). The first-order valence-corrected chi connectivity index (χ1v) is 6.32. The molecule has 3 N–H and O–H groups in total. The summed E-state index contributed by atoms with van der Waals surface area (Å²) in [5.41, 5.74) is 4.90. The molecule has 4 nitrogen and oxygen atoms in total. The van der Waals surface area contributed by atoms with E-state index in [0.717, 1.165) is 12.1 Å². The number of nitrogens with one attached hydrogen (secondary N) is 1. The maximum atomic E-state index is 12.6. The van der Waals surface area contributed by atoms with E-state index in [1.165, 1.54) is 12.1 Å². The molecule has 0 saturated heterocycles. The van der Waals surface area contributed by atoms with Crippen LogP contribution in [0.4, 0.5) is 18.0 Å². The molecular formula is C15H13F3N2O2. The van der Waals surface area contributed by atoms with Gasteiger partial charge in [-0.2, -0.15) is 13.2 Å². The minimum absolute atomic E-state index is 0.0786. The van der Waals surface area contributed by atoms with Crippen LogP contribution < -0.4 is 15.8 Å². The molecule has 2 aromatic rings. The van der Waals surface area contributed by atoms with Crippen LogP contribution in [-0.4, -0.2) is 6.03 Å². The van der Waals surface area contributed by atoms with Crippen molar-refractivity contribution in [1.82, 2.24) is 5.32 Å². The van der Waals surface area contributed by atoms with Crippen LogP contribution in [-0.2, 0) is 12.7 Å². The van der Waals surface area contributed by atoms with Crippen molar-refractivity contribution in [2.24, 2.45) is 5.73 Å². The van der Waals surface area contributed by atoms with Crippen LogP contribution in [0.2, 0.25) is 0 Å². The van der Waals surface area contributed by atoms with Crippen LogP contribution in [0.5, 0.6) is 11.5 Å². The third-order valence-electron chi connectivity index (χ3n) is 2.76. The zero-order valence-electron chi connectivity index (χ0n) is 11.4. The number of hydrogen-bond donors (Lipinski definition) is 2. The van der Waals surface area contributed by atoms with Gasteiger partial charge in [0.1, 0.15) is 11.5 Å². The molecule has 22 heavy (non-hydrogen) atoms. The Morgan fingerprint density at radius 1 is 1.09 bits per heavy atom. The molecule has 0 aliphatic heterocycles. The topological polar surface area (TPSA) is 64.4 Å². The second-order valence-electron chi connectivity index (χ2n) is 4.49.